The zero-order chi connectivity index (χ0) is 14.3. The summed E-state index contributed by atoms with van der Waals surface area (Å²) >= 11 is 0. The predicted octanol–water partition coefficient (Wildman–Crippen LogP) is 4.80. The number of benzene rings is 2. The Hall–Kier alpha value is -1.56. The molecule has 0 unspecified atom stereocenters. The van der Waals surface area contributed by atoms with E-state index in [1.165, 1.54) is 44.5 Å². The highest BCUT2D eigenvalue weighted by Crippen LogP contribution is 2.26. The van der Waals surface area contributed by atoms with E-state index in [2.05, 4.69) is 52.0 Å². The van der Waals surface area contributed by atoms with Crippen molar-refractivity contribution in [3.8, 4) is 0 Å². The van der Waals surface area contributed by atoms with Gasteiger partial charge in [0, 0.05) is 0 Å². The second-order valence-corrected chi connectivity index (χ2v) is 6.27. The van der Waals surface area contributed by atoms with Crippen LogP contribution in [-0.4, -0.2) is 0 Å². The number of hydrogen-bond donors (Lipinski definition) is 0. The smallest absolute Gasteiger partial charge is 0.0235 e. The van der Waals surface area contributed by atoms with Crippen LogP contribution in [-0.2, 0) is 25.7 Å². The first-order valence-corrected chi connectivity index (χ1v) is 7.74. The molecular formula is C20H24. The Kier molecular flexibility index (Phi) is 3.41. The largest absolute Gasteiger partial charge is 0.0585 e. The van der Waals surface area contributed by atoms with Gasteiger partial charge in [-0.3, -0.25) is 0 Å². The summed E-state index contributed by atoms with van der Waals surface area (Å²) in [5.41, 5.74) is 12.1. The van der Waals surface area contributed by atoms with Crippen LogP contribution in [0.1, 0.15) is 44.5 Å². The second kappa shape index (κ2) is 5.09. The molecule has 2 aromatic carbocycles. The lowest BCUT2D eigenvalue weighted by molar-refractivity contribution is 0.885. The lowest BCUT2D eigenvalue weighted by Crippen LogP contribution is -2.06. The van der Waals surface area contributed by atoms with E-state index in [1.807, 2.05) is 0 Å². The van der Waals surface area contributed by atoms with E-state index in [-0.39, 0.29) is 0 Å². The quantitative estimate of drug-likeness (QED) is 0.641. The molecule has 2 aromatic rings. The molecule has 4 aliphatic carbocycles. The van der Waals surface area contributed by atoms with Crippen molar-refractivity contribution in [1.29, 1.82) is 0 Å². The van der Waals surface area contributed by atoms with Gasteiger partial charge in [-0.1, -0.05) is 24.3 Å². The van der Waals surface area contributed by atoms with Gasteiger partial charge in [0.1, 0.15) is 0 Å². The maximum atomic E-state index is 2.35. The molecule has 0 nitrogen and oxygen atoms in total. The highest BCUT2D eigenvalue weighted by atomic mass is 14.2. The van der Waals surface area contributed by atoms with E-state index in [4.69, 9.17) is 0 Å². The van der Waals surface area contributed by atoms with Crippen molar-refractivity contribution < 1.29 is 0 Å². The highest BCUT2D eigenvalue weighted by Gasteiger charge is 2.12. The van der Waals surface area contributed by atoms with Crippen LogP contribution in [0.15, 0.2) is 24.3 Å². The van der Waals surface area contributed by atoms with Crippen LogP contribution in [0.3, 0.4) is 0 Å². The van der Waals surface area contributed by atoms with E-state index >= 15 is 0 Å². The molecule has 0 heterocycles. The van der Waals surface area contributed by atoms with Gasteiger partial charge in [0.05, 0.1) is 0 Å². The van der Waals surface area contributed by atoms with Crippen LogP contribution in [0.25, 0.3) is 0 Å². The Labute approximate surface area is 122 Å². The van der Waals surface area contributed by atoms with E-state index in [0.29, 0.717) is 0 Å². The Balaban J connectivity index is 2.12. The van der Waals surface area contributed by atoms with Crippen molar-refractivity contribution in [2.45, 2.75) is 53.4 Å². The first-order valence-electron chi connectivity index (χ1n) is 7.74. The Morgan fingerprint density at radius 3 is 0.850 bits per heavy atom. The predicted molar refractivity (Wildman–Crippen MR) is 86.6 cm³/mol. The standard InChI is InChI=1S/C20H24/c1-13-14(2)18-6-5-17(13)9-10-19-7-8-20(12-11-18)16(4)15(19)3/h5-8H,9-12H2,1-4H3. The minimum absolute atomic E-state index is 1.16. The van der Waals surface area contributed by atoms with Gasteiger partial charge >= 0.3 is 0 Å². The molecule has 0 radical (unpaired) electrons. The molecule has 0 saturated carbocycles. The Morgan fingerprint density at radius 2 is 0.650 bits per heavy atom. The van der Waals surface area contributed by atoms with Crippen molar-refractivity contribution in [2.75, 3.05) is 0 Å². The van der Waals surface area contributed by atoms with Crippen molar-refractivity contribution >= 4 is 0 Å². The van der Waals surface area contributed by atoms with Gasteiger partial charge < -0.3 is 0 Å². The lowest BCUT2D eigenvalue weighted by atomic mass is 9.87. The molecule has 4 bridgehead atoms. The molecule has 0 spiro atoms. The summed E-state index contributed by atoms with van der Waals surface area (Å²) in [6.07, 6.45) is 4.64. The lowest BCUT2D eigenvalue weighted by Gasteiger charge is -2.19. The van der Waals surface area contributed by atoms with Gasteiger partial charge in [-0.25, -0.2) is 0 Å². The molecule has 0 N–H and O–H groups in total. The summed E-state index contributed by atoms with van der Waals surface area (Å²) in [7, 11) is 0. The van der Waals surface area contributed by atoms with E-state index in [0.717, 1.165) is 25.7 Å². The summed E-state index contributed by atoms with van der Waals surface area (Å²) in [4.78, 5) is 0. The van der Waals surface area contributed by atoms with Crippen LogP contribution in [0.5, 0.6) is 0 Å². The topological polar surface area (TPSA) is 0 Å². The summed E-state index contributed by atoms with van der Waals surface area (Å²) < 4.78 is 0. The zero-order valence-electron chi connectivity index (χ0n) is 13.1. The summed E-state index contributed by atoms with van der Waals surface area (Å²) in [6.45, 7) is 9.17. The van der Waals surface area contributed by atoms with Crippen molar-refractivity contribution in [3.05, 3.63) is 68.8 Å². The maximum absolute atomic E-state index is 2.35. The van der Waals surface area contributed by atoms with E-state index < -0.39 is 0 Å². The fraction of sp³-hybridized carbons (Fsp3) is 0.400. The average Bonchev–Trinajstić information content (AvgIpc) is 2.43. The van der Waals surface area contributed by atoms with Gasteiger partial charge in [-0.2, -0.15) is 0 Å². The molecule has 0 amide bonds. The number of rotatable bonds is 0. The van der Waals surface area contributed by atoms with Gasteiger partial charge in [-0.15, -0.1) is 0 Å². The van der Waals surface area contributed by atoms with Crippen LogP contribution < -0.4 is 0 Å². The summed E-state index contributed by atoms with van der Waals surface area (Å²) in [5, 5.41) is 0. The second-order valence-electron chi connectivity index (χ2n) is 6.27. The Morgan fingerprint density at radius 1 is 0.450 bits per heavy atom. The summed E-state index contributed by atoms with van der Waals surface area (Å²) in [5.74, 6) is 0. The van der Waals surface area contributed by atoms with Gasteiger partial charge in [-0.05, 0) is 97.9 Å². The van der Waals surface area contributed by atoms with Gasteiger partial charge in [0.25, 0.3) is 0 Å². The minimum Gasteiger partial charge on any atom is -0.0585 e. The third-order valence-electron chi connectivity index (χ3n) is 5.35. The number of hydrogen-bond acceptors (Lipinski definition) is 0. The van der Waals surface area contributed by atoms with E-state index in [1.54, 1.807) is 0 Å². The Bertz CT molecular complexity index is 545. The van der Waals surface area contributed by atoms with Gasteiger partial charge in [0.2, 0.25) is 0 Å². The molecule has 0 aromatic heterocycles. The SMILES string of the molecule is Cc1c2ccc(c1C)CCc1ccc(c(C)c1C)CC2. The first-order chi connectivity index (χ1) is 9.58. The van der Waals surface area contributed by atoms with Crippen molar-refractivity contribution in [2.24, 2.45) is 0 Å². The van der Waals surface area contributed by atoms with Crippen molar-refractivity contribution in [3.63, 3.8) is 0 Å². The molecule has 0 heteroatoms. The zero-order valence-corrected chi connectivity index (χ0v) is 13.1. The van der Waals surface area contributed by atoms with Crippen LogP contribution in [0.4, 0.5) is 0 Å². The number of aryl methyl sites for hydroxylation is 4. The van der Waals surface area contributed by atoms with Crippen molar-refractivity contribution in [1.82, 2.24) is 0 Å². The maximum Gasteiger partial charge on any atom is -0.0235 e. The minimum atomic E-state index is 1.16. The molecule has 0 atom stereocenters. The van der Waals surface area contributed by atoms with Crippen LogP contribution in [0.2, 0.25) is 0 Å². The molecule has 0 saturated heterocycles. The van der Waals surface area contributed by atoms with E-state index in [9.17, 15) is 0 Å². The highest BCUT2D eigenvalue weighted by molar-refractivity contribution is 5.44. The van der Waals surface area contributed by atoms with Crippen LogP contribution in [0, 0.1) is 27.7 Å². The molecule has 104 valence electrons. The third kappa shape index (κ3) is 2.18. The first kappa shape index (κ1) is 13.4. The molecule has 20 heavy (non-hydrogen) atoms. The van der Waals surface area contributed by atoms with Crippen LogP contribution >= 0.6 is 0 Å². The molecule has 0 fully saturated rings. The monoisotopic (exact) mass is 264 g/mol. The average molecular weight is 264 g/mol. The molecule has 6 rings (SSSR count). The molecule has 4 aliphatic rings. The fourth-order valence-electron chi connectivity index (χ4n) is 3.49. The summed E-state index contributed by atoms with van der Waals surface area (Å²) in [6, 6.07) is 9.42. The molecular weight excluding hydrogens is 240 g/mol. The third-order valence-corrected chi connectivity index (χ3v) is 5.35. The fourth-order valence-corrected chi connectivity index (χ4v) is 3.49. The molecule has 0 aliphatic heterocycles. The van der Waals surface area contributed by atoms with Gasteiger partial charge in [0.15, 0.2) is 0 Å². The normalized spacial score (nSPS) is 14.2.